The molecule has 6 nitrogen and oxygen atoms in total. The van der Waals surface area contributed by atoms with Crippen LogP contribution < -0.4 is 10.6 Å². The van der Waals surface area contributed by atoms with Crippen molar-refractivity contribution in [1.29, 1.82) is 0 Å². The van der Waals surface area contributed by atoms with Gasteiger partial charge in [0.25, 0.3) is 0 Å². The van der Waals surface area contributed by atoms with Crippen molar-refractivity contribution in [1.82, 2.24) is 20.4 Å². The first kappa shape index (κ1) is 20.7. The summed E-state index contributed by atoms with van der Waals surface area (Å²) in [6, 6.07) is 1.34. The van der Waals surface area contributed by atoms with Crippen LogP contribution in [0.5, 0.6) is 0 Å². The Labute approximate surface area is 148 Å². The van der Waals surface area contributed by atoms with Crippen molar-refractivity contribution in [3.63, 3.8) is 0 Å². The molecule has 0 spiro atoms. The van der Waals surface area contributed by atoms with Gasteiger partial charge in [0.05, 0.1) is 6.54 Å². The van der Waals surface area contributed by atoms with Gasteiger partial charge in [-0.05, 0) is 47.5 Å². The van der Waals surface area contributed by atoms with Gasteiger partial charge in [0, 0.05) is 51.2 Å². The normalized spacial score (nSPS) is 15.0. The van der Waals surface area contributed by atoms with E-state index >= 15 is 0 Å². The molecule has 0 aliphatic heterocycles. The Morgan fingerprint density at radius 2 is 1.83 bits per heavy atom. The molecule has 1 saturated carbocycles. The number of carbonyl (C=O) groups excluding carboxylic acids is 1. The summed E-state index contributed by atoms with van der Waals surface area (Å²) in [5.74, 6) is 1.01. The Kier molecular flexibility index (Phi) is 9.76. The fourth-order valence-corrected chi connectivity index (χ4v) is 2.91. The standard InChI is InChI=1S/C18H37N5O/c1-6-19-18(20-12-11-17(24)22(7-2)8-3)21-13-14-23(15(4)5)16-9-10-16/h15-16H,6-14H2,1-5H3,(H2,19,20,21). The number of nitrogens with one attached hydrogen (secondary N) is 2. The second-order valence-electron chi connectivity index (χ2n) is 6.57. The minimum atomic E-state index is 0.197. The Morgan fingerprint density at radius 3 is 2.33 bits per heavy atom. The lowest BCUT2D eigenvalue weighted by atomic mass is 10.3. The number of hydrogen-bond donors (Lipinski definition) is 2. The summed E-state index contributed by atoms with van der Waals surface area (Å²) in [6.07, 6.45) is 3.16. The molecule has 0 aromatic rings. The van der Waals surface area contributed by atoms with Gasteiger partial charge in [0.2, 0.25) is 5.91 Å². The lowest BCUT2D eigenvalue weighted by Crippen LogP contribution is -2.41. The number of hydrogen-bond acceptors (Lipinski definition) is 3. The van der Waals surface area contributed by atoms with Gasteiger partial charge in [-0.25, -0.2) is 0 Å². The van der Waals surface area contributed by atoms with Gasteiger partial charge in [-0.15, -0.1) is 0 Å². The largest absolute Gasteiger partial charge is 0.357 e. The number of carbonyl (C=O) groups is 1. The number of amides is 1. The van der Waals surface area contributed by atoms with E-state index < -0.39 is 0 Å². The summed E-state index contributed by atoms with van der Waals surface area (Å²) < 4.78 is 0. The zero-order valence-corrected chi connectivity index (χ0v) is 16.3. The highest BCUT2D eigenvalue weighted by molar-refractivity contribution is 5.81. The Hall–Kier alpha value is -1.30. The van der Waals surface area contributed by atoms with Crippen molar-refractivity contribution >= 4 is 11.9 Å². The molecule has 1 fully saturated rings. The highest BCUT2D eigenvalue weighted by Crippen LogP contribution is 2.28. The molecule has 0 bridgehead atoms. The second kappa shape index (κ2) is 11.3. The predicted octanol–water partition coefficient (Wildman–Crippen LogP) is 1.67. The first-order valence-corrected chi connectivity index (χ1v) is 9.59. The molecule has 1 aliphatic carbocycles. The summed E-state index contributed by atoms with van der Waals surface area (Å²) in [5.41, 5.74) is 0. The second-order valence-corrected chi connectivity index (χ2v) is 6.57. The van der Waals surface area contributed by atoms with Crippen LogP contribution in [0.15, 0.2) is 4.99 Å². The number of rotatable bonds is 11. The van der Waals surface area contributed by atoms with E-state index in [0.29, 0.717) is 19.0 Å². The summed E-state index contributed by atoms with van der Waals surface area (Å²) >= 11 is 0. The summed E-state index contributed by atoms with van der Waals surface area (Å²) in [6.45, 7) is 15.4. The van der Waals surface area contributed by atoms with E-state index in [9.17, 15) is 4.79 Å². The van der Waals surface area contributed by atoms with E-state index in [1.165, 1.54) is 12.8 Å². The zero-order valence-electron chi connectivity index (χ0n) is 16.3. The molecular formula is C18H37N5O. The van der Waals surface area contributed by atoms with Gasteiger partial charge >= 0.3 is 0 Å². The quantitative estimate of drug-likeness (QED) is 0.444. The van der Waals surface area contributed by atoms with E-state index in [-0.39, 0.29) is 5.91 Å². The summed E-state index contributed by atoms with van der Waals surface area (Å²) in [4.78, 5) is 21.1. The molecule has 1 aliphatic rings. The molecular weight excluding hydrogens is 302 g/mol. The maximum Gasteiger partial charge on any atom is 0.224 e. The molecule has 1 amide bonds. The fraction of sp³-hybridized carbons (Fsp3) is 0.889. The SMILES string of the molecule is CCNC(=NCCN(C(C)C)C1CC1)NCCC(=O)N(CC)CC. The molecule has 2 N–H and O–H groups in total. The first-order chi connectivity index (χ1) is 11.5. The van der Waals surface area contributed by atoms with Crippen LogP contribution in [0.4, 0.5) is 0 Å². The van der Waals surface area contributed by atoms with Crippen molar-refractivity contribution in [2.45, 2.75) is 66.0 Å². The van der Waals surface area contributed by atoms with Crippen LogP contribution in [0.25, 0.3) is 0 Å². The Morgan fingerprint density at radius 1 is 1.17 bits per heavy atom. The molecule has 0 atom stereocenters. The molecule has 6 heteroatoms. The number of nitrogens with zero attached hydrogens (tertiary/aromatic N) is 3. The molecule has 0 aromatic heterocycles. The third-order valence-corrected chi connectivity index (χ3v) is 4.40. The number of guanidine groups is 1. The number of aliphatic imine (C=N–C) groups is 1. The van der Waals surface area contributed by atoms with Crippen molar-refractivity contribution in [3.05, 3.63) is 0 Å². The molecule has 140 valence electrons. The molecule has 0 aromatic carbocycles. The minimum Gasteiger partial charge on any atom is -0.357 e. The maximum absolute atomic E-state index is 12.0. The molecule has 24 heavy (non-hydrogen) atoms. The molecule has 1 rings (SSSR count). The van der Waals surface area contributed by atoms with Crippen LogP contribution in [0.2, 0.25) is 0 Å². The van der Waals surface area contributed by atoms with Gasteiger partial charge in [0.1, 0.15) is 0 Å². The molecule has 0 unspecified atom stereocenters. The van der Waals surface area contributed by atoms with E-state index in [4.69, 9.17) is 0 Å². The topological polar surface area (TPSA) is 60.0 Å². The third-order valence-electron chi connectivity index (χ3n) is 4.40. The molecule has 0 saturated heterocycles. The fourth-order valence-electron chi connectivity index (χ4n) is 2.91. The van der Waals surface area contributed by atoms with Crippen LogP contribution in [0.1, 0.15) is 53.9 Å². The van der Waals surface area contributed by atoms with Crippen LogP contribution in [-0.4, -0.2) is 73.0 Å². The van der Waals surface area contributed by atoms with Crippen molar-refractivity contribution in [2.24, 2.45) is 4.99 Å². The maximum atomic E-state index is 12.0. The van der Waals surface area contributed by atoms with Gasteiger partial charge in [-0.2, -0.15) is 0 Å². The monoisotopic (exact) mass is 339 g/mol. The Balaban J connectivity index is 2.37. The van der Waals surface area contributed by atoms with Crippen LogP contribution in [-0.2, 0) is 4.79 Å². The summed E-state index contributed by atoms with van der Waals surface area (Å²) in [7, 11) is 0. The van der Waals surface area contributed by atoms with E-state index in [1.54, 1.807) is 0 Å². The minimum absolute atomic E-state index is 0.197. The lowest BCUT2D eigenvalue weighted by molar-refractivity contribution is -0.130. The first-order valence-electron chi connectivity index (χ1n) is 9.59. The third kappa shape index (κ3) is 7.51. The molecule has 0 radical (unpaired) electrons. The lowest BCUT2D eigenvalue weighted by Gasteiger charge is -2.25. The van der Waals surface area contributed by atoms with Gasteiger partial charge in [-0.1, -0.05) is 0 Å². The van der Waals surface area contributed by atoms with Crippen molar-refractivity contribution in [2.75, 3.05) is 39.3 Å². The predicted molar refractivity (Wildman–Crippen MR) is 101 cm³/mol. The van der Waals surface area contributed by atoms with Crippen molar-refractivity contribution in [3.8, 4) is 0 Å². The van der Waals surface area contributed by atoms with Gasteiger partial charge in [-0.3, -0.25) is 14.7 Å². The van der Waals surface area contributed by atoms with Crippen LogP contribution in [0.3, 0.4) is 0 Å². The van der Waals surface area contributed by atoms with E-state index in [1.807, 2.05) is 18.7 Å². The van der Waals surface area contributed by atoms with Crippen LogP contribution in [0, 0.1) is 0 Å². The van der Waals surface area contributed by atoms with Gasteiger partial charge < -0.3 is 15.5 Å². The Bertz CT molecular complexity index is 387. The van der Waals surface area contributed by atoms with Crippen LogP contribution >= 0.6 is 0 Å². The average Bonchev–Trinajstić information content (AvgIpc) is 3.37. The highest BCUT2D eigenvalue weighted by atomic mass is 16.2. The summed E-state index contributed by atoms with van der Waals surface area (Å²) in [5, 5.41) is 6.53. The highest BCUT2D eigenvalue weighted by Gasteiger charge is 2.29. The van der Waals surface area contributed by atoms with E-state index in [0.717, 1.165) is 44.7 Å². The van der Waals surface area contributed by atoms with Gasteiger partial charge in [0.15, 0.2) is 5.96 Å². The average molecular weight is 340 g/mol. The smallest absolute Gasteiger partial charge is 0.224 e. The zero-order chi connectivity index (χ0) is 17.9. The van der Waals surface area contributed by atoms with E-state index in [2.05, 4.69) is 41.3 Å². The molecule has 0 heterocycles. The van der Waals surface area contributed by atoms with Crippen molar-refractivity contribution < 1.29 is 4.79 Å².